The second kappa shape index (κ2) is 8.32. The number of benzene rings is 1. The molecule has 0 bridgehead atoms. The Bertz CT molecular complexity index is 522. The van der Waals surface area contributed by atoms with Crippen molar-refractivity contribution in [1.82, 2.24) is 0 Å². The van der Waals surface area contributed by atoms with Gasteiger partial charge in [-0.1, -0.05) is 19.9 Å². The zero-order valence-corrected chi connectivity index (χ0v) is 13.2. The second-order valence-corrected chi connectivity index (χ2v) is 6.05. The first kappa shape index (κ1) is 17.9. The lowest BCUT2D eigenvalue weighted by atomic mass is 9.91. The Hall–Kier alpha value is -1.17. The van der Waals surface area contributed by atoms with Gasteiger partial charge >= 0.3 is 7.83 Å². The summed E-state index contributed by atoms with van der Waals surface area (Å²) in [4.78, 5) is 24.8. The lowest BCUT2D eigenvalue weighted by Gasteiger charge is -2.22. The van der Waals surface area contributed by atoms with Crippen molar-refractivity contribution < 1.29 is 18.2 Å². The molecule has 2 unspecified atom stereocenters. The number of carbonyl (C=O) groups excluding carboxylic acids is 2. The predicted octanol–water partition coefficient (Wildman–Crippen LogP) is 4.15. The van der Waals surface area contributed by atoms with Crippen LogP contribution in [0.2, 0.25) is 0 Å². The molecule has 0 spiro atoms. The summed E-state index contributed by atoms with van der Waals surface area (Å²) in [6.07, 6.45) is 1.05. The molecular weight excluding hydrogens is 293 g/mol. The van der Waals surface area contributed by atoms with Crippen LogP contribution in [-0.2, 0) is 4.79 Å². The molecule has 0 saturated carbocycles. The molecule has 1 radical (unpaired) electrons. The van der Waals surface area contributed by atoms with E-state index in [0.29, 0.717) is 11.7 Å². The third-order valence-electron chi connectivity index (χ3n) is 3.66. The van der Waals surface area contributed by atoms with E-state index in [4.69, 9.17) is 0 Å². The highest BCUT2D eigenvalue weighted by atomic mass is 32.2. The summed E-state index contributed by atoms with van der Waals surface area (Å²) in [7, 11) is -1.00. The number of rotatable bonds is 3. The van der Waals surface area contributed by atoms with E-state index in [1.807, 2.05) is 12.1 Å². The van der Waals surface area contributed by atoms with Gasteiger partial charge in [-0.05, 0) is 37.0 Å². The first-order valence-electron chi connectivity index (χ1n) is 6.79. The van der Waals surface area contributed by atoms with Crippen LogP contribution in [0, 0.1) is 5.92 Å². The fourth-order valence-corrected chi connectivity index (χ4v) is 3.36. The van der Waals surface area contributed by atoms with Crippen LogP contribution >= 0.6 is 11.8 Å². The van der Waals surface area contributed by atoms with E-state index in [9.17, 15) is 18.2 Å². The molecule has 1 aliphatic heterocycles. The fourth-order valence-electron chi connectivity index (χ4n) is 2.15. The summed E-state index contributed by atoms with van der Waals surface area (Å²) >= 11 is 1.62. The maximum atomic E-state index is 12.3. The molecule has 1 aromatic carbocycles. The maximum Gasteiger partial charge on any atom is 0.577 e. The van der Waals surface area contributed by atoms with Gasteiger partial charge in [0.05, 0.1) is 5.92 Å². The molecule has 21 heavy (non-hydrogen) atoms. The van der Waals surface area contributed by atoms with Gasteiger partial charge in [0.15, 0.2) is 5.78 Å². The van der Waals surface area contributed by atoms with E-state index in [1.54, 1.807) is 11.8 Å². The molecule has 0 N–H and O–H groups in total. The van der Waals surface area contributed by atoms with E-state index in [-0.39, 0.29) is 11.6 Å². The van der Waals surface area contributed by atoms with Gasteiger partial charge in [0.25, 0.3) is 0 Å². The summed E-state index contributed by atoms with van der Waals surface area (Å²) in [5.74, 6) is 0.568. The Morgan fingerprint density at radius 1 is 1.48 bits per heavy atom. The Balaban J connectivity index is 0.000000677. The molecule has 0 amide bonds. The quantitative estimate of drug-likeness (QED) is 0.621. The average Bonchev–Trinajstić information content (AvgIpc) is 2.47. The van der Waals surface area contributed by atoms with Crippen molar-refractivity contribution in [2.75, 3.05) is 5.75 Å². The van der Waals surface area contributed by atoms with Crippen LogP contribution in [-0.4, -0.2) is 25.2 Å². The largest absolute Gasteiger partial charge is 0.577 e. The molecule has 2 nitrogen and oxygen atoms in total. The van der Waals surface area contributed by atoms with Gasteiger partial charge in [-0.3, -0.25) is 18.2 Å². The molecule has 2 atom stereocenters. The number of carbonyl (C=O) groups is 2. The van der Waals surface area contributed by atoms with Crippen LogP contribution in [0.1, 0.15) is 49.0 Å². The topological polar surface area (TPSA) is 34.1 Å². The first-order valence-corrected chi connectivity index (χ1v) is 7.78. The number of hydrogen-bond acceptors (Lipinski definition) is 3. The van der Waals surface area contributed by atoms with Crippen molar-refractivity contribution >= 4 is 31.2 Å². The Labute approximate surface area is 129 Å². The van der Waals surface area contributed by atoms with Gasteiger partial charge in [-0.15, -0.1) is 11.8 Å². The molecule has 6 heteroatoms. The Morgan fingerprint density at radius 2 is 2.10 bits per heavy atom. The lowest BCUT2D eigenvalue weighted by Crippen LogP contribution is -2.28. The minimum Gasteiger partial charge on any atom is -0.299 e. The fraction of sp³-hybridized carbons (Fsp3) is 0.467. The minimum absolute atomic E-state index is 0.00130. The second-order valence-electron chi connectivity index (χ2n) is 4.99. The van der Waals surface area contributed by atoms with Gasteiger partial charge in [-0.25, -0.2) is 0 Å². The van der Waals surface area contributed by atoms with E-state index < -0.39 is 13.8 Å². The molecule has 0 saturated heterocycles. The zero-order valence-electron chi connectivity index (χ0n) is 12.4. The predicted molar refractivity (Wildman–Crippen MR) is 82.3 cm³/mol. The summed E-state index contributed by atoms with van der Waals surface area (Å²) in [6, 6.07) is 6.10. The molecule has 1 heterocycles. The van der Waals surface area contributed by atoms with Crippen LogP contribution in [0.3, 0.4) is 0 Å². The number of halogens is 2. The number of ketones is 2. The summed E-state index contributed by atoms with van der Waals surface area (Å²) in [5.41, 5.74) is 1.93. The zero-order chi connectivity index (χ0) is 16.0. The van der Waals surface area contributed by atoms with Crippen molar-refractivity contribution in [2.24, 2.45) is 5.92 Å². The monoisotopic (exact) mass is 311 g/mol. The van der Waals surface area contributed by atoms with Crippen LogP contribution in [0.15, 0.2) is 23.1 Å². The van der Waals surface area contributed by atoms with Crippen molar-refractivity contribution in [3.8, 4) is 0 Å². The van der Waals surface area contributed by atoms with E-state index >= 15 is 0 Å². The van der Waals surface area contributed by atoms with Crippen LogP contribution in [0.4, 0.5) is 8.63 Å². The SMILES string of the molecule is CCC(C)c1ccc2c(c1)C(=O)C(C(C)=O)CS2.F[B]F. The van der Waals surface area contributed by atoms with Gasteiger partial charge < -0.3 is 0 Å². The van der Waals surface area contributed by atoms with Crippen molar-refractivity contribution in [3.63, 3.8) is 0 Å². The molecule has 1 aromatic rings. The molecular formula is C15H18BF2O2S. The normalized spacial score (nSPS) is 18.1. The van der Waals surface area contributed by atoms with Crippen molar-refractivity contribution in [3.05, 3.63) is 29.3 Å². The first-order chi connectivity index (χ1) is 9.96. The minimum atomic E-state index is -1.00. The van der Waals surface area contributed by atoms with Gasteiger partial charge in [0.1, 0.15) is 5.78 Å². The van der Waals surface area contributed by atoms with Gasteiger partial charge in [-0.2, -0.15) is 0 Å². The molecule has 1 aliphatic rings. The van der Waals surface area contributed by atoms with Crippen LogP contribution < -0.4 is 0 Å². The number of fused-ring (bicyclic) bond motifs is 1. The highest BCUT2D eigenvalue weighted by Crippen LogP contribution is 2.35. The average molecular weight is 311 g/mol. The van der Waals surface area contributed by atoms with Crippen molar-refractivity contribution in [1.29, 1.82) is 0 Å². The standard InChI is InChI=1S/C15H18O2S.BF2/c1-4-9(2)11-5-6-14-12(7-11)15(17)13(8-18-14)10(3)16;2-1-3/h5-7,9,13H,4,8H2,1-3H3;. The molecule has 0 aliphatic carbocycles. The Kier molecular flexibility index (Phi) is 7.09. The van der Waals surface area contributed by atoms with Crippen molar-refractivity contribution in [2.45, 2.75) is 38.0 Å². The number of Topliss-reactive ketones (excluding diaryl/α,β-unsaturated/α-hetero) is 2. The number of thioether (sulfide) groups is 1. The summed E-state index contributed by atoms with van der Waals surface area (Å²) in [5, 5.41) is 0. The van der Waals surface area contributed by atoms with Gasteiger partial charge in [0, 0.05) is 16.2 Å². The molecule has 113 valence electrons. The molecule has 0 aromatic heterocycles. The van der Waals surface area contributed by atoms with Gasteiger partial charge in [0.2, 0.25) is 0 Å². The van der Waals surface area contributed by atoms with E-state index in [0.717, 1.165) is 16.9 Å². The molecule has 2 rings (SSSR count). The lowest BCUT2D eigenvalue weighted by molar-refractivity contribution is -0.118. The number of hydrogen-bond donors (Lipinski definition) is 0. The maximum absolute atomic E-state index is 12.3. The highest BCUT2D eigenvalue weighted by Gasteiger charge is 2.31. The third kappa shape index (κ3) is 4.40. The highest BCUT2D eigenvalue weighted by molar-refractivity contribution is 7.99. The van der Waals surface area contributed by atoms with Crippen LogP contribution in [0.25, 0.3) is 0 Å². The Morgan fingerprint density at radius 3 is 2.62 bits per heavy atom. The van der Waals surface area contributed by atoms with E-state index in [1.165, 1.54) is 12.5 Å². The van der Waals surface area contributed by atoms with Crippen LogP contribution in [0.5, 0.6) is 0 Å². The smallest absolute Gasteiger partial charge is 0.299 e. The third-order valence-corrected chi connectivity index (χ3v) is 4.83. The summed E-state index contributed by atoms with van der Waals surface area (Å²) in [6.45, 7) is 5.80. The molecule has 0 fully saturated rings. The van der Waals surface area contributed by atoms with E-state index in [2.05, 4.69) is 19.9 Å². The summed E-state index contributed by atoms with van der Waals surface area (Å²) < 4.78 is 19.0.